The van der Waals surface area contributed by atoms with E-state index in [0.717, 1.165) is 17.5 Å². The summed E-state index contributed by atoms with van der Waals surface area (Å²) in [6.07, 6.45) is 0.720. The standard InChI is InChI=1S/C12H15FN2O/c1-8(16)15-5-4-12(14)11-3-2-10(13)6-9(11)7-15/h2-3,6,12H,4-5,7,14H2,1H3/t12-/m0/s1. The Bertz CT molecular complexity index is 419. The predicted molar refractivity (Wildman–Crippen MR) is 59.0 cm³/mol. The molecule has 0 unspecified atom stereocenters. The molecule has 0 radical (unpaired) electrons. The van der Waals surface area contributed by atoms with Crippen molar-refractivity contribution in [2.75, 3.05) is 6.54 Å². The highest BCUT2D eigenvalue weighted by molar-refractivity contribution is 5.73. The fourth-order valence-electron chi connectivity index (χ4n) is 2.08. The van der Waals surface area contributed by atoms with Crippen molar-refractivity contribution < 1.29 is 9.18 Å². The van der Waals surface area contributed by atoms with Gasteiger partial charge in [0.05, 0.1) is 0 Å². The Hall–Kier alpha value is -1.42. The fraction of sp³-hybridized carbons (Fsp3) is 0.417. The SMILES string of the molecule is CC(=O)N1CC[C@H](N)c2ccc(F)cc2C1. The van der Waals surface area contributed by atoms with Crippen LogP contribution in [0.1, 0.15) is 30.5 Å². The molecule has 0 fully saturated rings. The Kier molecular flexibility index (Phi) is 2.92. The number of carbonyl (C=O) groups excluding carboxylic acids is 1. The summed E-state index contributed by atoms with van der Waals surface area (Å²) in [5, 5.41) is 0. The van der Waals surface area contributed by atoms with Gasteiger partial charge < -0.3 is 10.6 Å². The van der Waals surface area contributed by atoms with Crippen LogP contribution in [0.2, 0.25) is 0 Å². The Balaban J connectivity index is 2.38. The summed E-state index contributed by atoms with van der Waals surface area (Å²) < 4.78 is 13.1. The maximum absolute atomic E-state index is 13.1. The number of hydrogen-bond acceptors (Lipinski definition) is 2. The van der Waals surface area contributed by atoms with Gasteiger partial charge in [-0.1, -0.05) is 6.07 Å². The van der Waals surface area contributed by atoms with E-state index in [1.54, 1.807) is 11.0 Å². The molecule has 0 aromatic heterocycles. The highest BCUT2D eigenvalue weighted by Gasteiger charge is 2.21. The van der Waals surface area contributed by atoms with Gasteiger partial charge in [0, 0.05) is 26.1 Å². The molecule has 1 aliphatic heterocycles. The lowest BCUT2D eigenvalue weighted by molar-refractivity contribution is -0.129. The molecule has 3 nitrogen and oxygen atoms in total. The van der Waals surface area contributed by atoms with Gasteiger partial charge in [0.1, 0.15) is 5.82 Å². The maximum atomic E-state index is 13.1. The number of carbonyl (C=O) groups is 1. The second kappa shape index (κ2) is 4.22. The minimum Gasteiger partial charge on any atom is -0.339 e. The van der Waals surface area contributed by atoms with Crippen LogP contribution < -0.4 is 5.73 Å². The van der Waals surface area contributed by atoms with Crippen LogP contribution in [0.25, 0.3) is 0 Å². The Morgan fingerprint density at radius 1 is 1.56 bits per heavy atom. The summed E-state index contributed by atoms with van der Waals surface area (Å²) in [5.74, 6) is -0.277. The van der Waals surface area contributed by atoms with E-state index in [-0.39, 0.29) is 17.8 Å². The molecular weight excluding hydrogens is 207 g/mol. The van der Waals surface area contributed by atoms with Gasteiger partial charge in [-0.15, -0.1) is 0 Å². The molecule has 1 atom stereocenters. The van der Waals surface area contributed by atoms with Crippen LogP contribution in [0.3, 0.4) is 0 Å². The number of fused-ring (bicyclic) bond motifs is 1. The van der Waals surface area contributed by atoms with E-state index in [4.69, 9.17) is 5.73 Å². The van der Waals surface area contributed by atoms with Crippen LogP contribution in [0.15, 0.2) is 18.2 Å². The number of nitrogens with two attached hydrogens (primary N) is 1. The third-order valence-electron chi connectivity index (χ3n) is 3.02. The van der Waals surface area contributed by atoms with Gasteiger partial charge in [-0.05, 0) is 29.7 Å². The van der Waals surface area contributed by atoms with Crippen LogP contribution in [0.4, 0.5) is 4.39 Å². The first-order valence-electron chi connectivity index (χ1n) is 5.37. The van der Waals surface area contributed by atoms with E-state index in [0.29, 0.717) is 13.1 Å². The van der Waals surface area contributed by atoms with Crippen molar-refractivity contribution in [2.45, 2.75) is 25.9 Å². The summed E-state index contributed by atoms with van der Waals surface area (Å²) in [7, 11) is 0. The first-order chi connectivity index (χ1) is 7.58. The first-order valence-corrected chi connectivity index (χ1v) is 5.37. The third kappa shape index (κ3) is 2.07. The van der Waals surface area contributed by atoms with Crippen molar-refractivity contribution in [2.24, 2.45) is 5.73 Å². The highest BCUT2D eigenvalue weighted by Crippen LogP contribution is 2.25. The van der Waals surface area contributed by atoms with Crippen molar-refractivity contribution in [3.63, 3.8) is 0 Å². The number of nitrogens with zero attached hydrogens (tertiary/aromatic N) is 1. The van der Waals surface area contributed by atoms with Gasteiger partial charge in [0.15, 0.2) is 0 Å². The topological polar surface area (TPSA) is 46.3 Å². The van der Waals surface area contributed by atoms with Crippen LogP contribution in [-0.2, 0) is 11.3 Å². The molecule has 1 aliphatic rings. The van der Waals surface area contributed by atoms with E-state index in [1.165, 1.54) is 19.1 Å². The molecule has 2 rings (SSSR count). The lowest BCUT2D eigenvalue weighted by Gasteiger charge is -2.18. The molecular formula is C12H15FN2O. The number of benzene rings is 1. The van der Waals surface area contributed by atoms with Gasteiger partial charge in [-0.3, -0.25) is 4.79 Å². The van der Waals surface area contributed by atoms with E-state index in [9.17, 15) is 9.18 Å². The van der Waals surface area contributed by atoms with Gasteiger partial charge in [0.25, 0.3) is 0 Å². The van der Waals surface area contributed by atoms with Crippen LogP contribution in [0.5, 0.6) is 0 Å². The van der Waals surface area contributed by atoms with Gasteiger partial charge in [-0.25, -0.2) is 4.39 Å². The minimum absolute atomic E-state index is 0.00399. The zero-order valence-corrected chi connectivity index (χ0v) is 9.24. The third-order valence-corrected chi connectivity index (χ3v) is 3.02. The molecule has 1 aromatic rings. The van der Waals surface area contributed by atoms with Crippen LogP contribution >= 0.6 is 0 Å². The van der Waals surface area contributed by atoms with E-state index >= 15 is 0 Å². The highest BCUT2D eigenvalue weighted by atomic mass is 19.1. The van der Waals surface area contributed by atoms with Crippen LogP contribution in [-0.4, -0.2) is 17.4 Å². The van der Waals surface area contributed by atoms with Crippen molar-refractivity contribution in [3.8, 4) is 0 Å². The van der Waals surface area contributed by atoms with E-state index < -0.39 is 0 Å². The Morgan fingerprint density at radius 2 is 2.31 bits per heavy atom. The lowest BCUT2D eigenvalue weighted by Crippen LogP contribution is -2.28. The number of rotatable bonds is 0. The minimum atomic E-state index is -0.281. The summed E-state index contributed by atoms with van der Waals surface area (Å²) >= 11 is 0. The van der Waals surface area contributed by atoms with E-state index in [1.807, 2.05) is 0 Å². The Morgan fingerprint density at radius 3 is 3.00 bits per heavy atom. The molecule has 1 heterocycles. The van der Waals surface area contributed by atoms with Gasteiger partial charge >= 0.3 is 0 Å². The molecule has 4 heteroatoms. The Labute approximate surface area is 94.0 Å². The summed E-state index contributed by atoms with van der Waals surface area (Å²) in [6.45, 7) is 2.61. The molecule has 0 saturated carbocycles. The normalized spacial score (nSPS) is 20.2. The quantitative estimate of drug-likeness (QED) is 0.724. The number of hydrogen-bond donors (Lipinski definition) is 1. The molecule has 1 amide bonds. The smallest absolute Gasteiger partial charge is 0.219 e. The molecule has 1 aromatic carbocycles. The van der Waals surface area contributed by atoms with Crippen molar-refractivity contribution in [1.29, 1.82) is 0 Å². The summed E-state index contributed by atoms with van der Waals surface area (Å²) in [5.41, 5.74) is 7.77. The maximum Gasteiger partial charge on any atom is 0.219 e. The largest absolute Gasteiger partial charge is 0.339 e. The number of amides is 1. The van der Waals surface area contributed by atoms with Gasteiger partial charge in [0.2, 0.25) is 5.91 Å². The molecule has 0 saturated heterocycles. The van der Waals surface area contributed by atoms with Gasteiger partial charge in [-0.2, -0.15) is 0 Å². The van der Waals surface area contributed by atoms with Crippen molar-refractivity contribution in [3.05, 3.63) is 35.1 Å². The number of halogens is 1. The second-order valence-corrected chi connectivity index (χ2v) is 4.18. The predicted octanol–water partition coefficient (Wildman–Crippen LogP) is 1.58. The summed E-state index contributed by atoms with van der Waals surface area (Å²) in [6, 6.07) is 4.50. The second-order valence-electron chi connectivity index (χ2n) is 4.18. The average molecular weight is 222 g/mol. The van der Waals surface area contributed by atoms with Crippen molar-refractivity contribution >= 4 is 5.91 Å². The molecule has 16 heavy (non-hydrogen) atoms. The monoisotopic (exact) mass is 222 g/mol. The molecule has 0 spiro atoms. The lowest BCUT2D eigenvalue weighted by atomic mass is 10.0. The molecule has 2 N–H and O–H groups in total. The first kappa shape index (κ1) is 11.1. The molecule has 86 valence electrons. The van der Waals surface area contributed by atoms with Crippen LogP contribution in [0, 0.1) is 5.82 Å². The molecule has 0 aliphatic carbocycles. The molecule has 0 bridgehead atoms. The van der Waals surface area contributed by atoms with Crippen molar-refractivity contribution in [1.82, 2.24) is 4.90 Å². The average Bonchev–Trinajstić information content (AvgIpc) is 2.38. The fourth-order valence-corrected chi connectivity index (χ4v) is 2.08. The zero-order valence-electron chi connectivity index (χ0n) is 9.24. The zero-order chi connectivity index (χ0) is 11.7. The van der Waals surface area contributed by atoms with E-state index in [2.05, 4.69) is 0 Å². The summed E-state index contributed by atoms with van der Waals surface area (Å²) in [4.78, 5) is 13.0.